The molecule has 2 heteroatoms. The molecule has 2 nitrogen and oxygen atoms in total. The van der Waals surface area contributed by atoms with Crippen LogP contribution in [0.15, 0.2) is 12.1 Å². The second-order valence-electron chi connectivity index (χ2n) is 10.2. The Kier molecular flexibility index (Phi) is 6.76. The van der Waals surface area contributed by atoms with Gasteiger partial charge in [-0.25, -0.2) is 0 Å². The number of hydrogen-bond donors (Lipinski definition) is 2. The first-order chi connectivity index (χ1) is 12.9. The quantitative estimate of drug-likeness (QED) is 0.282. The van der Waals surface area contributed by atoms with Gasteiger partial charge in [-0.1, -0.05) is 46.0 Å². The zero-order valence-electron chi connectivity index (χ0n) is 17.7. The van der Waals surface area contributed by atoms with Gasteiger partial charge in [0.25, 0.3) is 0 Å². The molecule has 1 aromatic rings. The van der Waals surface area contributed by atoms with Gasteiger partial charge < -0.3 is 10.2 Å². The van der Waals surface area contributed by atoms with Gasteiger partial charge in [-0.15, -0.1) is 0 Å². The first-order valence-electron chi connectivity index (χ1n) is 11.4. The van der Waals surface area contributed by atoms with E-state index >= 15 is 0 Å². The highest BCUT2D eigenvalue weighted by Crippen LogP contribution is 2.49. The van der Waals surface area contributed by atoms with Gasteiger partial charge in [0.1, 0.15) is 11.5 Å². The van der Waals surface area contributed by atoms with E-state index in [2.05, 4.69) is 13.8 Å². The van der Waals surface area contributed by atoms with Crippen LogP contribution >= 0.6 is 0 Å². The summed E-state index contributed by atoms with van der Waals surface area (Å²) in [4.78, 5) is 0. The summed E-state index contributed by atoms with van der Waals surface area (Å²) in [6, 6.07) is 3.33. The van der Waals surface area contributed by atoms with Crippen molar-refractivity contribution in [1.82, 2.24) is 0 Å². The lowest BCUT2D eigenvalue weighted by molar-refractivity contribution is 0.440. The van der Waals surface area contributed by atoms with E-state index in [0.29, 0.717) is 22.3 Å². The van der Waals surface area contributed by atoms with Gasteiger partial charge in [-0.2, -0.15) is 0 Å². The lowest BCUT2D eigenvalue weighted by atomic mass is 9.93. The van der Waals surface area contributed by atoms with Gasteiger partial charge in [0.15, 0.2) is 0 Å². The van der Waals surface area contributed by atoms with Crippen LogP contribution in [0.2, 0.25) is 0 Å². The summed E-state index contributed by atoms with van der Waals surface area (Å²) in [5, 5.41) is 20.7. The molecule has 0 unspecified atom stereocenters. The standard InChI is InChI=1S/C25H40O2/c1-24(16-17-24)14-8-4-3-6-10-20-21(23(27)13-12-22(20)26)11-7-5-9-15-25(2)18-19-25/h12-13,26-27H,3-11,14-19H2,1-2H3. The van der Waals surface area contributed by atoms with E-state index in [4.69, 9.17) is 0 Å². The number of hydrogen-bond acceptors (Lipinski definition) is 2. The highest BCUT2D eigenvalue weighted by molar-refractivity contribution is 5.47. The fourth-order valence-corrected chi connectivity index (χ4v) is 4.39. The Morgan fingerprint density at radius 3 is 1.41 bits per heavy atom. The minimum atomic E-state index is 0.374. The second kappa shape index (κ2) is 8.88. The van der Waals surface area contributed by atoms with Gasteiger partial charge in [-0.05, 0) is 87.2 Å². The van der Waals surface area contributed by atoms with Crippen LogP contribution in [0.5, 0.6) is 11.5 Å². The van der Waals surface area contributed by atoms with Crippen LogP contribution in [-0.4, -0.2) is 10.2 Å². The molecule has 0 radical (unpaired) electrons. The first-order valence-corrected chi connectivity index (χ1v) is 11.4. The molecule has 27 heavy (non-hydrogen) atoms. The number of phenols is 2. The zero-order chi connectivity index (χ0) is 19.3. The zero-order valence-corrected chi connectivity index (χ0v) is 17.7. The first kappa shape index (κ1) is 20.6. The maximum atomic E-state index is 10.3. The average Bonchev–Trinajstić information content (AvgIpc) is 3.55. The van der Waals surface area contributed by atoms with Crippen molar-refractivity contribution >= 4 is 0 Å². The number of rotatable bonds is 13. The number of aromatic hydroxyl groups is 2. The van der Waals surface area contributed by atoms with Crippen LogP contribution in [-0.2, 0) is 12.8 Å². The number of phenolic OH excluding ortho intramolecular Hbond substituents is 2. The van der Waals surface area contributed by atoms with Crippen LogP contribution in [0.4, 0.5) is 0 Å². The Bertz CT molecular complexity index is 611. The van der Waals surface area contributed by atoms with Crippen molar-refractivity contribution in [1.29, 1.82) is 0 Å². The van der Waals surface area contributed by atoms with Gasteiger partial charge in [0.05, 0.1) is 0 Å². The summed E-state index contributed by atoms with van der Waals surface area (Å²) < 4.78 is 0. The summed E-state index contributed by atoms with van der Waals surface area (Å²) in [6.45, 7) is 4.81. The maximum Gasteiger partial charge on any atom is 0.119 e. The van der Waals surface area contributed by atoms with Crippen LogP contribution in [0.3, 0.4) is 0 Å². The number of unbranched alkanes of at least 4 members (excludes halogenated alkanes) is 5. The van der Waals surface area contributed by atoms with Gasteiger partial charge in [0.2, 0.25) is 0 Å². The van der Waals surface area contributed by atoms with Crippen molar-refractivity contribution in [2.45, 2.75) is 110 Å². The fourth-order valence-electron chi connectivity index (χ4n) is 4.39. The summed E-state index contributed by atoms with van der Waals surface area (Å²) in [7, 11) is 0. The molecule has 0 spiro atoms. The monoisotopic (exact) mass is 372 g/mol. The molecule has 0 amide bonds. The maximum absolute atomic E-state index is 10.3. The van der Waals surface area contributed by atoms with Crippen molar-refractivity contribution in [2.24, 2.45) is 10.8 Å². The second-order valence-corrected chi connectivity index (χ2v) is 10.2. The fraction of sp³-hybridized carbons (Fsp3) is 0.760. The molecule has 0 heterocycles. The van der Waals surface area contributed by atoms with E-state index < -0.39 is 0 Å². The highest BCUT2D eigenvalue weighted by atomic mass is 16.3. The van der Waals surface area contributed by atoms with Crippen molar-refractivity contribution in [3.63, 3.8) is 0 Å². The molecular formula is C25H40O2. The SMILES string of the molecule is CC1(CCCCCCc2c(O)ccc(O)c2CCCCCC2(C)CC2)CC1. The number of benzene rings is 1. The van der Waals surface area contributed by atoms with Crippen molar-refractivity contribution < 1.29 is 10.2 Å². The molecule has 152 valence electrons. The van der Waals surface area contributed by atoms with Gasteiger partial charge in [0, 0.05) is 11.1 Å². The molecule has 0 bridgehead atoms. The predicted molar refractivity (Wildman–Crippen MR) is 113 cm³/mol. The lowest BCUT2D eigenvalue weighted by Gasteiger charge is -2.14. The molecule has 1 aromatic carbocycles. The van der Waals surface area contributed by atoms with Crippen LogP contribution in [0, 0.1) is 10.8 Å². The van der Waals surface area contributed by atoms with Crippen LogP contribution in [0.25, 0.3) is 0 Å². The molecule has 2 fully saturated rings. The van der Waals surface area contributed by atoms with E-state index in [1.54, 1.807) is 12.1 Å². The van der Waals surface area contributed by atoms with Gasteiger partial charge in [-0.3, -0.25) is 0 Å². The Morgan fingerprint density at radius 1 is 0.630 bits per heavy atom. The van der Waals surface area contributed by atoms with Crippen molar-refractivity contribution in [3.05, 3.63) is 23.3 Å². The topological polar surface area (TPSA) is 40.5 Å². The minimum Gasteiger partial charge on any atom is -0.508 e. The van der Waals surface area contributed by atoms with Crippen molar-refractivity contribution in [3.8, 4) is 11.5 Å². The molecule has 3 rings (SSSR count). The van der Waals surface area contributed by atoms with Crippen molar-refractivity contribution in [2.75, 3.05) is 0 Å². The Balaban J connectivity index is 1.40. The summed E-state index contributed by atoms with van der Waals surface area (Å²) in [6.07, 6.45) is 18.8. The molecule has 0 saturated heterocycles. The Hall–Kier alpha value is -1.18. The third-order valence-corrected chi connectivity index (χ3v) is 7.25. The third-order valence-electron chi connectivity index (χ3n) is 7.25. The molecule has 0 atom stereocenters. The third kappa shape index (κ3) is 6.43. The van der Waals surface area contributed by atoms with E-state index in [9.17, 15) is 10.2 Å². The lowest BCUT2D eigenvalue weighted by Crippen LogP contribution is -1.98. The highest BCUT2D eigenvalue weighted by Gasteiger charge is 2.36. The molecule has 2 saturated carbocycles. The molecular weight excluding hydrogens is 332 g/mol. The smallest absolute Gasteiger partial charge is 0.119 e. The summed E-state index contributed by atoms with van der Waals surface area (Å²) >= 11 is 0. The average molecular weight is 373 g/mol. The summed E-state index contributed by atoms with van der Waals surface area (Å²) in [5.74, 6) is 0.748. The van der Waals surface area contributed by atoms with E-state index in [1.807, 2.05) is 0 Å². The predicted octanol–water partition coefficient (Wildman–Crippen LogP) is 7.29. The molecule has 2 aliphatic rings. The Morgan fingerprint density at radius 2 is 1.00 bits per heavy atom. The molecule has 2 aliphatic carbocycles. The summed E-state index contributed by atoms with van der Waals surface area (Å²) in [5.41, 5.74) is 3.32. The van der Waals surface area contributed by atoms with E-state index in [1.165, 1.54) is 70.6 Å². The molecule has 0 aliphatic heterocycles. The largest absolute Gasteiger partial charge is 0.508 e. The van der Waals surface area contributed by atoms with Crippen LogP contribution < -0.4 is 0 Å². The van der Waals surface area contributed by atoms with E-state index in [-0.39, 0.29) is 0 Å². The minimum absolute atomic E-state index is 0.374. The normalized spacial score (nSPS) is 19.2. The molecule has 0 aromatic heterocycles. The molecule has 2 N–H and O–H groups in total. The van der Waals surface area contributed by atoms with E-state index in [0.717, 1.165) is 36.8 Å². The van der Waals surface area contributed by atoms with Crippen LogP contribution in [0.1, 0.15) is 108 Å². The van der Waals surface area contributed by atoms with Gasteiger partial charge >= 0.3 is 0 Å². The Labute approximate surface area is 166 Å².